The highest BCUT2D eigenvalue weighted by Crippen LogP contribution is 2.38. The van der Waals surface area contributed by atoms with Gasteiger partial charge in [0.1, 0.15) is 0 Å². The molecule has 3 heteroatoms. The average molecular weight is 252 g/mol. The quantitative estimate of drug-likeness (QED) is 0.873. The monoisotopic (exact) mass is 251 g/mol. The molecule has 2 aliphatic heterocycles. The van der Waals surface area contributed by atoms with Gasteiger partial charge >= 0.3 is 0 Å². The number of benzene rings is 1. The minimum Gasteiger partial charge on any atom is -0.388 e. The Labute approximate surface area is 107 Å². The van der Waals surface area contributed by atoms with Crippen LogP contribution in [0.4, 0.5) is 0 Å². The van der Waals surface area contributed by atoms with Crippen LogP contribution in [-0.4, -0.2) is 34.7 Å². The molecule has 0 radical (unpaired) electrons. The molecular formula is C14H18ClNO. The van der Waals surface area contributed by atoms with Crippen molar-refractivity contribution in [2.24, 2.45) is 0 Å². The zero-order valence-corrected chi connectivity index (χ0v) is 10.7. The van der Waals surface area contributed by atoms with Crippen molar-refractivity contribution in [1.82, 2.24) is 4.90 Å². The molecule has 0 aromatic heterocycles. The first-order valence-electron chi connectivity index (χ1n) is 6.39. The fourth-order valence-corrected chi connectivity index (χ4v) is 3.59. The topological polar surface area (TPSA) is 23.5 Å². The lowest BCUT2D eigenvalue weighted by Gasteiger charge is -2.30. The second kappa shape index (κ2) is 4.27. The van der Waals surface area contributed by atoms with Crippen LogP contribution in [0, 0.1) is 0 Å². The number of hydrogen-bond acceptors (Lipinski definition) is 2. The van der Waals surface area contributed by atoms with E-state index in [2.05, 4.69) is 4.90 Å². The molecule has 2 saturated heterocycles. The molecule has 1 N–H and O–H groups in total. The minimum atomic E-state index is -0.568. The zero-order chi connectivity index (χ0) is 11.9. The van der Waals surface area contributed by atoms with Gasteiger partial charge in [0.25, 0.3) is 0 Å². The largest absolute Gasteiger partial charge is 0.388 e. The van der Waals surface area contributed by atoms with Crippen molar-refractivity contribution in [3.63, 3.8) is 0 Å². The maximum absolute atomic E-state index is 10.8. The molecule has 17 heavy (non-hydrogen) atoms. The predicted octanol–water partition coefficient (Wildman–Crippen LogP) is 2.48. The molecule has 1 aromatic rings. The summed E-state index contributed by atoms with van der Waals surface area (Å²) in [6.45, 7) is 2.18. The molecule has 2 heterocycles. The summed E-state index contributed by atoms with van der Waals surface area (Å²) in [5.41, 5.74) is 0.506. The lowest BCUT2D eigenvalue weighted by molar-refractivity contribution is 0.0141. The van der Waals surface area contributed by atoms with E-state index in [1.165, 1.54) is 6.42 Å². The van der Waals surface area contributed by atoms with Crippen LogP contribution < -0.4 is 0 Å². The second-order valence-electron chi connectivity index (χ2n) is 5.32. The van der Waals surface area contributed by atoms with Crippen molar-refractivity contribution < 1.29 is 5.11 Å². The van der Waals surface area contributed by atoms with Crippen molar-refractivity contribution in [1.29, 1.82) is 0 Å². The summed E-state index contributed by atoms with van der Waals surface area (Å²) in [4.78, 5) is 2.43. The summed E-state index contributed by atoms with van der Waals surface area (Å²) in [6.07, 6.45) is 3.91. The number of fused-ring (bicyclic) bond motifs is 1. The molecule has 0 aliphatic carbocycles. The van der Waals surface area contributed by atoms with Crippen LogP contribution in [0.2, 0.25) is 5.02 Å². The summed E-state index contributed by atoms with van der Waals surface area (Å²) in [6, 6.07) is 8.21. The summed E-state index contributed by atoms with van der Waals surface area (Å²) >= 11 is 6.18. The van der Waals surface area contributed by atoms with Gasteiger partial charge in [0.15, 0.2) is 0 Å². The van der Waals surface area contributed by atoms with Crippen molar-refractivity contribution in [3.05, 3.63) is 34.9 Å². The first-order valence-corrected chi connectivity index (χ1v) is 6.77. The van der Waals surface area contributed by atoms with E-state index in [4.69, 9.17) is 11.6 Å². The Morgan fingerprint density at radius 2 is 2.18 bits per heavy atom. The first-order chi connectivity index (χ1) is 8.19. The third kappa shape index (κ3) is 1.99. The van der Waals surface area contributed by atoms with E-state index in [9.17, 15) is 5.11 Å². The highest BCUT2D eigenvalue weighted by atomic mass is 35.5. The number of rotatable bonds is 2. The summed E-state index contributed by atoms with van der Waals surface area (Å²) in [7, 11) is 0. The van der Waals surface area contributed by atoms with Gasteiger partial charge in [0, 0.05) is 24.0 Å². The van der Waals surface area contributed by atoms with E-state index in [-0.39, 0.29) is 0 Å². The minimum absolute atomic E-state index is 0.346. The second-order valence-corrected chi connectivity index (χ2v) is 5.72. The van der Waals surface area contributed by atoms with Gasteiger partial charge in [-0.2, -0.15) is 0 Å². The molecule has 0 spiro atoms. The maximum atomic E-state index is 10.8. The van der Waals surface area contributed by atoms with Gasteiger partial charge in [-0.15, -0.1) is 0 Å². The SMILES string of the molecule is OC1(Cc2ccccc2Cl)CCN2CCCC21. The number of hydrogen-bond donors (Lipinski definition) is 1. The van der Waals surface area contributed by atoms with Crippen LogP contribution in [0.5, 0.6) is 0 Å². The van der Waals surface area contributed by atoms with Crippen LogP contribution in [-0.2, 0) is 6.42 Å². The zero-order valence-electron chi connectivity index (χ0n) is 9.90. The fraction of sp³-hybridized carbons (Fsp3) is 0.571. The smallest absolute Gasteiger partial charge is 0.0855 e. The molecule has 0 bridgehead atoms. The fourth-order valence-electron chi connectivity index (χ4n) is 3.38. The molecule has 2 fully saturated rings. The van der Waals surface area contributed by atoms with Gasteiger partial charge in [0.2, 0.25) is 0 Å². The van der Waals surface area contributed by atoms with Gasteiger partial charge in [-0.1, -0.05) is 29.8 Å². The Morgan fingerprint density at radius 1 is 1.35 bits per heavy atom. The van der Waals surface area contributed by atoms with E-state index in [0.717, 1.165) is 36.5 Å². The Morgan fingerprint density at radius 3 is 3.00 bits per heavy atom. The first kappa shape index (κ1) is 11.5. The molecule has 92 valence electrons. The predicted molar refractivity (Wildman–Crippen MR) is 69.3 cm³/mol. The normalized spacial score (nSPS) is 32.9. The molecular weight excluding hydrogens is 234 g/mol. The van der Waals surface area contributed by atoms with Crippen LogP contribution in [0.3, 0.4) is 0 Å². The lowest BCUT2D eigenvalue weighted by atomic mass is 9.86. The lowest BCUT2D eigenvalue weighted by Crippen LogP contribution is -2.43. The molecule has 0 saturated carbocycles. The van der Waals surface area contributed by atoms with Gasteiger partial charge in [0.05, 0.1) is 5.60 Å². The number of aliphatic hydroxyl groups is 1. The molecule has 2 aliphatic rings. The Balaban J connectivity index is 1.83. The van der Waals surface area contributed by atoms with E-state index in [1.54, 1.807) is 0 Å². The van der Waals surface area contributed by atoms with Gasteiger partial charge < -0.3 is 5.11 Å². The van der Waals surface area contributed by atoms with E-state index < -0.39 is 5.60 Å². The maximum Gasteiger partial charge on any atom is 0.0855 e. The van der Waals surface area contributed by atoms with Crippen LogP contribution >= 0.6 is 11.6 Å². The Kier molecular flexibility index (Phi) is 2.89. The molecule has 1 aromatic carbocycles. The summed E-state index contributed by atoms with van der Waals surface area (Å²) < 4.78 is 0. The molecule has 0 amide bonds. The molecule has 2 atom stereocenters. The van der Waals surface area contributed by atoms with Gasteiger partial charge in [-0.05, 0) is 37.4 Å². The average Bonchev–Trinajstić information content (AvgIpc) is 2.88. The van der Waals surface area contributed by atoms with Crippen molar-refractivity contribution in [2.45, 2.75) is 37.3 Å². The van der Waals surface area contributed by atoms with Crippen LogP contribution in [0.1, 0.15) is 24.8 Å². The van der Waals surface area contributed by atoms with Crippen LogP contribution in [0.25, 0.3) is 0 Å². The summed E-state index contributed by atoms with van der Waals surface area (Å²) in [5.74, 6) is 0. The third-order valence-corrected chi connectivity index (χ3v) is 4.64. The standard InChI is InChI=1S/C14H18ClNO/c15-12-5-2-1-4-11(12)10-14(17)7-9-16-8-3-6-13(14)16/h1-2,4-5,13,17H,3,6-10H2. The highest BCUT2D eigenvalue weighted by molar-refractivity contribution is 6.31. The van der Waals surface area contributed by atoms with Gasteiger partial charge in [-0.3, -0.25) is 4.90 Å². The van der Waals surface area contributed by atoms with E-state index in [0.29, 0.717) is 12.5 Å². The van der Waals surface area contributed by atoms with Crippen LogP contribution in [0.15, 0.2) is 24.3 Å². The Bertz CT molecular complexity index is 422. The third-order valence-electron chi connectivity index (χ3n) is 4.27. The van der Waals surface area contributed by atoms with Crippen molar-refractivity contribution in [2.75, 3.05) is 13.1 Å². The van der Waals surface area contributed by atoms with Crippen molar-refractivity contribution in [3.8, 4) is 0 Å². The van der Waals surface area contributed by atoms with Crippen molar-refractivity contribution >= 4 is 11.6 Å². The molecule has 3 rings (SSSR count). The summed E-state index contributed by atoms with van der Waals surface area (Å²) in [5, 5.41) is 11.6. The number of nitrogens with zero attached hydrogens (tertiary/aromatic N) is 1. The molecule has 2 nitrogen and oxygen atoms in total. The Hall–Kier alpha value is -0.570. The van der Waals surface area contributed by atoms with E-state index in [1.807, 2.05) is 24.3 Å². The highest BCUT2D eigenvalue weighted by Gasteiger charge is 2.47. The van der Waals surface area contributed by atoms with Gasteiger partial charge in [-0.25, -0.2) is 0 Å². The van der Waals surface area contributed by atoms with E-state index >= 15 is 0 Å². The number of halogens is 1. The molecule has 2 unspecified atom stereocenters.